The molecule has 1 atom stereocenters. The molecule has 2 aliphatic heterocycles. The van der Waals surface area contributed by atoms with Gasteiger partial charge in [-0.3, -0.25) is 4.99 Å². The topological polar surface area (TPSA) is 15.6 Å². The minimum absolute atomic E-state index is 0.656. The lowest BCUT2D eigenvalue weighted by Crippen LogP contribution is -2.43. The molecule has 0 aromatic heterocycles. The molecule has 3 rings (SSSR count). The zero-order valence-corrected chi connectivity index (χ0v) is 8.85. The molecule has 0 saturated carbocycles. The Kier molecular flexibility index (Phi) is 1.88. The van der Waals surface area contributed by atoms with E-state index in [2.05, 4.69) is 53.4 Å². The minimum Gasteiger partial charge on any atom is -0.332 e. The normalized spacial score (nSPS) is 23.1. The van der Waals surface area contributed by atoms with Crippen LogP contribution in [-0.2, 0) is 0 Å². The maximum absolute atomic E-state index is 4.59. The second-order valence-electron chi connectivity index (χ2n) is 4.36. The molecule has 0 fully saturated rings. The number of aliphatic imine (C=N–C) groups is 1. The number of rotatable bonds is 0. The highest BCUT2D eigenvalue weighted by Gasteiger charge is 2.17. The van der Waals surface area contributed by atoms with Crippen molar-refractivity contribution in [2.75, 3.05) is 13.1 Å². The first-order valence-corrected chi connectivity index (χ1v) is 5.43. The Hall–Kier alpha value is -1.57. The molecule has 1 unspecified atom stereocenters. The zero-order chi connectivity index (χ0) is 10.3. The summed E-state index contributed by atoms with van der Waals surface area (Å²) < 4.78 is 0. The molecular formula is C13H14N2. The van der Waals surface area contributed by atoms with Gasteiger partial charge in [-0.15, -0.1) is 0 Å². The van der Waals surface area contributed by atoms with E-state index in [1.807, 2.05) is 0 Å². The molecule has 2 nitrogen and oxygen atoms in total. The van der Waals surface area contributed by atoms with E-state index in [4.69, 9.17) is 0 Å². The van der Waals surface area contributed by atoms with E-state index in [9.17, 15) is 0 Å². The van der Waals surface area contributed by atoms with Gasteiger partial charge in [-0.1, -0.05) is 31.2 Å². The second kappa shape index (κ2) is 3.23. The lowest BCUT2D eigenvalue weighted by Gasteiger charge is -2.29. The summed E-state index contributed by atoms with van der Waals surface area (Å²) in [5.41, 5.74) is 0. The Morgan fingerprint density at radius 1 is 1.27 bits per heavy atom. The molecule has 2 heteroatoms. The second-order valence-corrected chi connectivity index (χ2v) is 4.36. The summed E-state index contributed by atoms with van der Waals surface area (Å²) in [5.74, 6) is 1.77. The Morgan fingerprint density at radius 2 is 2.07 bits per heavy atom. The van der Waals surface area contributed by atoms with Gasteiger partial charge in [0.05, 0.1) is 0 Å². The first-order chi connectivity index (χ1) is 7.33. The minimum atomic E-state index is 0.656. The summed E-state index contributed by atoms with van der Waals surface area (Å²) in [6, 6.07) is 8.45. The van der Waals surface area contributed by atoms with Gasteiger partial charge in [-0.25, -0.2) is 0 Å². The van der Waals surface area contributed by atoms with Crippen LogP contribution in [0.1, 0.15) is 6.92 Å². The Bertz CT molecular complexity index is 528. The van der Waals surface area contributed by atoms with Crippen molar-refractivity contribution in [2.45, 2.75) is 6.92 Å². The molecule has 0 N–H and O–H groups in total. The monoisotopic (exact) mass is 198 g/mol. The third-order valence-electron chi connectivity index (χ3n) is 2.94. The standard InChI is InChI=1S/C13H14N2/c1-10-7-14-13-6-11-4-2-3-5-12(11)9-15(13)8-10/h2-6,9-10H,7-8H2,1H3. The van der Waals surface area contributed by atoms with Crippen molar-refractivity contribution >= 4 is 18.1 Å². The number of hydrogen-bond acceptors (Lipinski definition) is 2. The predicted octanol–water partition coefficient (Wildman–Crippen LogP) is 0.569. The Balaban J connectivity index is 2.18. The van der Waals surface area contributed by atoms with Crippen molar-refractivity contribution < 1.29 is 0 Å². The molecule has 0 aliphatic carbocycles. The fourth-order valence-corrected chi connectivity index (χ4v) is 2.14. The summed E-state index contributed by atoms with van der Waals surface area (Å²) in [7, 11) is 0. The van der Waals surface area contributed by atoms with Crippen molar-refractivity contribution in [2.24, 2.45) is 10.9 Å². The third kappa shape index (κ3) is 1.46. The number of hydrogen-bond donors (Lipinski definition) is 0. The Morgan fingerprint density at radius 3 is 2.93 bits per heavy atom. The van der Waals surface area contributed by atoms with E-state index in [0.29, 0.717) is 5.92 Å². The first-order valence-electron chi connectivity index (χ1n) is 5.43. The molecule has 0 bridgehead atoms. The van der Waals surface area contributed by atoms with E-state index in [-0.39, 0.29) is 0 Å². The smallest absolute Gasteiger partial charge is 0.128 e. The summed E-state index contributed by atoms with van der Waals surface area (Å²) >= 11 is 0. The molecule has 0 saturated heterocycles. The SMILES string of the molecule is CC1CN=C2C=c3ccccc3=CN2C1. The van der Waals surface area contributed by atoms with Crippen LogP contribution in [0.3, 0.4) is 0 Å². The van der Waals surface area contributed by atoms with Crippen molar-refractivity contribution in [3.8, 4) is 0 Å². The van der Waals surface area contributed by atoms with Crippen LogP contribution in [0.25, 0.3) is 12.3 Å². The summed E-state index contributed by atoms with van der Waals surface area (Å²) in [5, 5.41) is 2.58. The van der Waals surface area contributed by atoms with Crippen LogP contribution >= 0.6 is 0 Å². The van der Waals surface area contributed by atoms with Crippen LogP contribution < -0.4 is 10.4 Å². The zero-order valence-electron chi connectivity index (χ0n) is 8.85. The third-order valence-corrected chi connectivity index (χ3v) is 2.94. The van der Waals surface area contributed by atoms with Gasteiger partial charge in [-0.2, -0.15) is 0 Å². The maximum atomic E-state index is 4.59. The van der Waals surface area contributed by atoms with Gasteiger partial charge >= 0.3 is 0 Å². The maximum Gasteiger partial charge on any atom is 0.128 e. The quantitative estimate of drug-likeness (QED) is 0.595. The van der Waals surface area contributed by atoms with Crippen molar-refractivity contribution in [3.63, 3.8) is 0 Å². The average Bonchev–Trinajstić information content (AvgIpc) is 2.26. The van der Waals surface area contributed by atoms with E-state index < -0.39 is 0 Å². The summed E-state index contributed by atoms with van der Waals surface area (Å²) in [6.45, 7) is 4.29. The number of nitrogens with zero attached hydrogens (tertiary/aromatic N) is 2. The van der Waals surface area contributed by atoms with Crippen LogP contribution in [-0.4, -0.2) is 23.8 Å². The molecule has 15 heavy (non-hydrogen) atoms. The highest BCUT2D eigenvalue weighted by Crippen LogP contribution is 2.11. The molecule has 1 aromatic rings. The summed E-state index contributed by atoms with van der Waals surface area (Å²) in [6.07, 6.45) is 4.39. The van der Waals surface area contributed by atoms with Crippen LogP contribution in [0.4, 0.5) is 0 Å². The van der Waals surface area contributed by atoms with Crippen molar-refractivity contribution in [1.29, 1.82) is 0 Å². The predicted molar refractivity (Wildman–Crippen MR) is 62.8 cm³/mol. The van der Waals surface area contributed by atoms with Gasteiger partial charge in [-0.05, 0) is 22.4 Å². The van der Waals surface area contributed by atoms with Gasteiger partial charge in [0.15, 0.2) is 0 Å². The molecular weight excluding hydrogens is 184 g/mol. The van der Waals surface area contributed by atoms with Crippen molar-refractivity contribution in [3.05, 3.63) is 34.7 Å². The first kappa shape index (κ1) is 8.72. The van der Waals surface area contributed by atoms with Gasteiger partial charge in [0, 0.05) is 19.3 Å². The van der Waals surface area contributed by atoms with Gasteiger partial charge < -0.3 is 4.90 Å². The van der Waals surface area contributed by atoms with Crippen LogP contribution in [0.15, 0.2) is 29.3 Å². The number of amidine groups is 1. The largest absolute Gasteiger partial charge is 0.332 e. The van der Waals surface area contributed by atoms with E-state index in [1.54, 1.807) is 0 Å². The Labute approximate surface area is 89.3 Å². The number of benzene rings is 1. The molecule has 2 aliphatic rings. The van der Waals surface area contributed by atoms with Gasteiger partial charge in [0.25, 0.3) is 0 Å². The highest BCUT2D eigenvalue weighted by molar-refractivity contribution is 6.11. The molecule has 76 valence electrons. The van der Waals surface area contributed by atoms with Crippen molar-refractivity contribution in [1.82, 2.24) is 4.90 Å². The van der Waals surface area contributed by atoms with E-state index in [1.165, 1.54) is 10.4 Å². The molecule has 0 radical (unpaired) electrons. The van der Waals surface area contributed by atoms with Crippen LogP contribution in [0.2, 0.25) is 0 Å². The van der Waals surface area contributed by atoms with Crippen LogP contribution in [0, 0.1) is 5.92 Å². The highest BCUT2D eigenvalue weighted by atomic mass is 15.2. The molecule has 0 amide bonds. The lowest BCUT2D eigenvalue weighted by molar-refractivity contribution is 0.436. The van der Waals surface area contributed by atoms with E-state index in [0.717, 1.165) is 18.9 Å². The van der Waals surface area contributed by atoms with Gasteiger partial charge in [0.2, 0.25) is 0 Å². The van der Waals surface area contributed by atoms with Crippen LogP contribution in [0.5, 0.6) is 0 Å². The van der Waals surface area contributed by atoms with Gasteiger partial charge in [0.1, 0.15) is 5.84 Å². The van der Waals surface area contributed by atoms with E-state index >= 15 is 0 Å². The molecule has 0 spiro atoms. The summed E-state index contributed by atoms with van der Waals surface area (Å²) in [4.78, 5) is 6.85. The molecule has 1 aromatic carbocycles. The lowest BCUT2D eigenvalue weighted by atomic mass is 10.1. The number of fused-ring (bicyclic) bond motifs is 2. The molecule has 2 heterocycles. The average molecular weight is 198 g/mol. The fourth-order valence-electron chi connectivity index (χ4n) is 2.14. The fraction of sp³-hybridized carbons (Fsp3) is 0.308.